The van der Waals surface area contributed by atoms with Crippen molar-refractivity contribution in [3.05, 3.63) is 83.7 Å². The number of fused-ring (bicyclic) bond motifs is 1. The van der Waals surface area contributed by atoms with Crippen LogP contribution in [0.5, 0.6) is 0 Å². The number of nitrogens with zero attached hydrogens (tertiary/aromatic N) is 3. The molecule has 1 atom stereocenters. The lowest BCUT2D eigenvalue weighted by atomic mass is 9.95. The van der Waals surface area contributed by atoms with Crippen LogP contribution in [-0.2, 0) is 22.7 Å². The Balaban J connectivity index is 1.20. The fraction of sp³-hybridized carbons (Fsp3) is 0.320. The van der Waals surface area contributed by atoms with Gasteiger partial charge >= 0.3 is 0 Å². The van der Waals surface area contributed by atoms with Crippen LogP contribution in [0.25, 0.3) is 0 Å². The predicted molar refractivity (Wildman–Crippen MR) is 120 cm³/mol. The van der Waals surface area contributed by atoms with E-state index in [1.54, 1.807) is 23.4 Å². The van der Waals surface area contributed by atoms with Gasteiger partial charge in [0, 0.05) is 19.0 Å². The maximum absolute atomic E-state index is 13.8. The second kappa shape index (κ2) is 9.15. The minimum atomic E-state index is -0.459. The number of halogens is 1. The molecule has 8 heteroatoms. The van der Waals surface area contributed by atoms with Crippen molar-refractivity contribution in [3.63, 3.8) is 0 Å². The molecule has 3 heterocycles. The molecule has 2 amide bonds. The maximum Gasteiger partial charge on any atom is 0.274 e. The highest BCUT2D eigenvalue weighted by atomic mass is 19.1. The van der Waals surface area contributed by atoms with Crippen LogP contribution in [0.4, 0.5) is 10.1 Å². The molecule has 0 spiro atoms. The van der Waals surface area contributed by atoms with Crippen LogP contribution in [0, 0.1) is 11.7 Å². The SMILES string of the molecule is O=C(Nc1ccccc1F)C1CCN(C(=O)c2ncn3c2CO[C@H](c2ccccc2)C3)CC1. The van der Waals surface area contributed by atoms with Crippen LogP contribution < -0.4 is 5.32 Å². The molecule has 2 aliphatic heterocycles. The number of rotatable bonds is 4. The number of likely N-dealkylation sites (tertiary alicyclic amines) is 1. The zero-order chi connectivity index (χ0) is 22.8. The third-order valence-corrected chi connectivity index (χ3v) is 6.39. The number of imidazole rings is 1. The molecule has 0 bridgehead atoms. The topological polar surface area (TPSA) is 76.5 Å². The quantitative estimate of drug-likeness (QED) is 0.659. The fourth-order valence-corrected chi connectivity index (χ4v) is 4.47. The summed E-state index contributed by atoms with van der Waals surface area (Å²) in [5.74, 6) is -1.08. The van der Waals surface area contributed by atoms with Crippen molar-refractivity contribution in [1.29, 1.82) is 0 Å². The van der Waals surface area contributed by atoms with Gasteiger partial charge < -0.3 is 19.5 Å². The van der Waals surface area contributed by atoms with Crippen LogP contribution in [0.3, 0.4) is 0 Å². The number of para-hydroxylation sites is 1. The minimum absolute atomic E-state index is 0.0699. The first-order chi connectivity index (χ1) is 16.1. The largest absolute Gasteiger partial charge is 0.365 e. The van der Waals surface area contributed by atoms with E-state index in [1.165, 1.54) is 12.1 Å². The van der Waals surface area contributed by atoms with Crippen LogP contribution in [0.1, 0.15) is 40.7 Å². The zero-order valence-electron chi connectivity index (χ0n) is 18.1. The first-order valence-corrected chi connectivity index (χ1v) is 11.2. The Morgan fingerprint density at radius 2 is 1.76 bits per heavy atom. The number of hydrogen-bond donors (Lipinski definition) is 1. The molecule has 1 N–H and O–H groups in total. The Labute approximate surface area is 191 Å². The van der Waals surface area contributed by atoms with Gasteiger partial charge in [-0.2, -0.15) is 0 Å². The molecule has 0 unspecified atom stereocenters. The van der Waals surface area contributed by atoms with Crippen molar-refractivity contribution in [2.45, 2.75) is 32.1 Å². The van der Waals surface area contributed by atoms with Gasteiger partial charge in [-0.05, 0) is 30.5 Å². The molecule has 0 radical (unpaired) electrons. The second-order valence-corrected chi connectivity index (χ2v) is 8.44. The standard InChI is InChI=1S/C25H25FN4O3/c26-19-8-4-5-9-20(19)28-24(31)18-10-12-29(13-11-18)25(32)23-21-15-33-22(14-30(21)16-27-23)17-6-2-1-3-7-17/h1-9,16,18,22H,10-15H2,(H,28,31)/t22-/m0/s1. The van der Waals surface area contributed by atoms with Crippen molar-refractivity contribution in [1.82, 2.24) is 14.5 Å². The molecule has 33 heavy (non-hydrogen) atoms. The molecule has 0 saturated carbocycles. The number of aromatic nitrogens is 2. The highest BCUT2D eigenvalue weighted by Gasteiger charge is 2.32. The van der Waals surface area contributed by atoms with Crippen LogP contribution in [0.2, 0.25) is 0 Å². The number of anilines is 1. The summed E-state index contributed by atoms with van der Waals surface area (Å²) in [5, 5.41) is 2.66. The molecule has 170 valence electrons. The third kappa shape index (κ3) is 4.39. The molecule has 2 aliphatic rings. The van der Waals surface area contributed by atoms with Gasteiger partial charge in [-0.15, -0.1) is 0 Å². The van der Waals surface area contributed by atoms with E-state index in [0.29, 0.717) is 44.8 Å². The lowest BCUT2D eigenvalue weighted by Gasteiger charge is -2.31. The van der Waals surface area contributed by atoms with Gasteiger partial charge in [-0.25, -0.2) is 9.37 Å². The highest BCUT2D eigenvalue weighted by Crippen LogP contribution is 2.29. The van der Waals surface area contributed by atoms with Crippen LogP contribution in [-0.4, -0.2) is 39.4 Å². The molecular formula is C25H25FN4O3. The van der Waals surface area contributed by atoms with E-state index in [0.717, 1.165) is 11.3 Å². The Kier molecular flexibility index (Phi) is 5.92. The van der Waals surface area contributed by atoms with Crippen molar-refractivity contribution in [2.75, 3.05) is 18.4 Å². The van der Waals surface area contributed by atoms with Gasteiger partial charge in [-0.3, -0.25) is 9.59 Å². The molecular weight excluding hydrogens is 423 g/mol. The average Bonchev–Trinajstić information content (AvgIpc) is 3.29. The lowest BCUT2D eigenvalue weighted by molar-refractivity contribution is -0.121. The third-order valence-electron chi connectivity index (χ3n) is 6.39. The maximum atomic E-state index is 13.8. The molecule has 7 nitrogen and oxygen atoms in total. The van der Waals surface area contributed by atoms with E-state index in [4.69, 9.17) is 4.74 Å². The molecule has 3 aromatic rings. The predicted octanol–water partition coefficient (Wildman–Crippen LogP) is 3.78. The number of carbonyl (C=O) groups excluding carboxylic acids is 2. The van der Waals surface area contributed by atoms with Crippen LogP contribution in [0.15, 0.2) is 60.9 Å². The Bertz CT molecular complexity index is 1160. The number of benzene rings is 2. The Hall–Kier alpha value is -3.52. The molecule has 2 aromatic carbocycles. The number of ether oxygens (including phenoxy) is 1. The van der Waals surface area contributed by atoms with Gasteiger partial charge in [0.2, 0.25) is 5.91 Å². The summed E-state index contributed by atoms with van der Waals surface area (Å²) in [6.07, 6.45) is 2.68. The van der Waals surface area contributed by atoms with Crippen LogP contribution >= 0.6 is 0 Å². The zero-order valence-corrected chi connectivity index (χ0v) is 18.1. The van der Waals surface area contributed by atoms with Crippen molar-refractivity contribution in [2.24, 2.45) is 5.92 Å². The summed E-state index contributed by atoms with van der Waals surface area (Å²) >= 11 is 0. The van der Waals surface area contributed by atoms with Crippen molar-refractivity contribution in [3.8, 4) is 0 Å². The number of piperidine rings is 1. The van der Waals surface area contributed by atoms with Gasteiger partial charge in [-0.1, -0.05) is 42.5 Å². The molecule has 1 saturated heterocycles. The molecule has 1 aromatic heterocycles. The second-order valence-electron chi connectivity index (χ2n) is 8.44. The smallest absolute Gasteiger partial charge is 0.274 e. The summed E-state index contributed by atoms with van der Waals surface area (Å²) in [6, 6.07) is 16.1. The van der Waals surface area contributed by atoms with Crippen molar-refractivity contribution >= 4 is 17.5 Å². The number of nitrogens with one attached hydrogen (secondary N) is 1. The van der Waals surface area contributed by atoms with E-state index in [-0.39, 0.29) is 29.5 Å². The number of hydrogen-bond acceptors (Lipinski definition) is 4. The highest BCUT2D eigenvalue weighted by molar-refractivity contribution is 5.95. The van der Waals surface area contributed by atoms with Gasteiger partial charge in [0.25, 0.3) is 5.91 Å². The Morgan fingerprint density at radius 3 is 2.52 bits per heavy atom. The van der Waals surface area contributed by atoms with E-state index in [2.05, 4.69) is 10.3 Å². The first kappa shape index (κ1) is 21.3. The first-order valence-electron chi connectivity index (χ1n) is 11.2. The summed E-state index contributed by atoms with van der Waals surface area (Å²) < 4.78 is 21.8. The van der Waals surface area contributed by atoms with Gasteiger partial charge in [0.05, 0.1) is 30.9 Å². The summed E-state index contributed by atoms with van der Waals surface area (Å²) in [6.45, 7) is 1.84. The Morgan fingerprint density at radius 1 is 1.03 bits per heavy atom. The number of carbonyl (C=O) groups is 2. The fourth-order valence-electron chi connectivity index (χ4n) is 4.47. The summed E-state index contributed by atoms with van der Waals surface area (Å²) in [5.41, 5.74) is 2.47. The van der Waals surface area contributed by atoms with E-state index in [9.17, 15) is 14.0 Å². The monoisotopic (exact) mass is 448 g/mol. The summed E-state index contributed by atoms with van der Waals surface area (Å²) in [4.78, 5) is 31.8. The molecule has 5 rings (SSSR count). The minimum Gasteiger partial charge on any atom is -0.365 e. The van der Waals surface area contributed by atoms with E-state index < -0.39 is 5.82 Å². The van der Waals surface area contributed by atoms with Gasteiger partial charge in [0.15, 0.2) is 5.69 Å². The normalized spacial score (nSPS) is 18.6. The lowest BCUT2D eigenvalue weighted by Crippen LogP contribution is -2.42. The van der Waals surface area contributed by atoms with E-state index >= 15 is 0 Å². The van der Waals surface area contributed by atoms with Gasteiger partial charge in [0.1, 0.15) is 11.9 Å². The average molecular weight is 448 g/mol. The van der Waals surface area contributed by atoms with E-state index in [1.807, 2.05) is 34.9 Å². The summed E-state index contributed by atoms with van der Waals surface area (Å²) in [7, 11) is 0. The van der Waals surface area contributed by atoms with Crippen molar-refractivity contribution < 1.29 is 18.7 Å². The number of amides is 2. The molecule has 1 fully saturated rings. The molecule has 0 aliphatic carbocycles.